The van der Waals surface area contributed by atoms with Crippen LogP contribution in [0.15, 0.2) is 77.6 Å². The molecule has 30 heavy (non-hydrogen) atoms. The largest absolute Gasteiger partial charge is 0.311 e. The van der Waals surface area contributed by atoms with Crippen molar-refractivity contribution in [2.45, 2.75) is 0 Å². The maximum absolute atomic E-state index is 13.4. The lowest BCUT2D eigenvalue weighted by Crippen LogP contribution is -2.23. The smallest absolute Gasteiger partial charge is 0.266 e. The summed E-state index contributed by atoms with van der Waals surface area (Å²) in [6.07, 6.45) is 1.69. The predicted molar refractivity (Wildman–Crippen MR) is 120 cm³/mol. The third-order valence-corrected chi connectivity index (χ3v) is 5.50. The number of rotatable bonds is 2. The highest BCUT2D eigenvalue weighted by Gasteiger charge is 2.29. The number of carbonyl (C=O) groups excluding carboxylic acids is 1. The maximum atomic E-state index is 13.4. The molecule has 0 atom stereocenters. The van der Waals surface area contributed by atoms with Crippen LogP contribution in [0.1, 0.15) is 11.4 Å². The second-order valence-electron chi connectivity index (χ2n) is 7.04. The van der Waals surface area contributed by atoms with Gasteiger partial charge in [0.25, 0.3) is 11.5 Å². The average molecular weight is 414 g/mol. The fraction of sp³-hybridized carbons (Fsp3) is 0.0417. The van der Waals surface area contributed by atoms with E-state index in [1.54, 1.807) is 60.5 Å². The second kappa shape index (κ2) is 6.97. The zero-order valence-electron chi connectivity index (χ0n) is 16.0. The number of anilines is 1. The third-order valence-electron chi connectivity index (χ3n) is 5.25. The van der Waals surface area contributed by atoms with Crippen LogP contribution in [0.2, 0.25) is 5.02 Å². The molecule has 1 aromatic heterocycles. The normalized spacial score (nSPS) is 14.5. The Kier molecular flexibility index (Phi) is 4.26. The first-order valence-corrected chi connectivity index (χ1v) is 9.79. The quantitative estimate of drug-likeness (QED) is 0.453. The van der Waals surface area contributed by atoms with Crippen LogP contribution in [0.5, 0.6) is 0 Å². The Morgan fingerprint density at radius 1 is 0.900 bits per heavy atom. The van der Waals surface area contributed by atoms with E-state index in [0.717, 1.165) is 11.3 Å². The van der Waals surface area contributed by atoms with E-state index in [4.69, 9.17) is 16.6 Å². The standard InChI is InChI=1S/C24H16ClN3O2/c1-27-21-9-5-3-6-17(21)19(23(27)29)14-22-26-20-8-4-2-7-18(20)24(30)28(22)16-12-10-15(25)11-13-16/h2-14H,1H3/b19-14-. The van der Waals surface area contributed by atoms with Gasteiger partial charge in [-0.1, -0.05) is 41.9 Å². The number of aromatic nitrogens is 2. The molecule has 1 amide bonds. The van der Waals surface area contributed by atoms with E-state index in [2.05, 4.69) is 0 Å². The monoisotopic (exact) mass is 413 g/mol. The second-order valence-corrected chi connectivity index (χ2v) is 7.48. The molecule has 0 saturated heterocycles. The molecule has 6 heteroatoms. The minimum atomic E-state index is -0.207. The first-order chi connectivity index (χ1) is 14.5. The average Bonchev–Trinajstić information content (AvgIpc) is 3.00. The number of likely N-dealkylation sites (N-methyl/N-ethyl adjacent to an activating group) is 1. The summed E-state index contributed by atoms with van der Waals surface area (Å²) in [4.78, 5) is 32.6. The molecule has 5 nitrogen and oxygen atoms in total. The lowest BCUT2D eigenvalue weighted by molar-refractivity contribution is -0.112. The fourth-order valence-corrected chi connectivity index (χ4v) is 3.88. The molecule has 4 aromatic rings. The molecule has 1 aliphatic heterocycles. The maximum Gasteiger partial charge on any atom is 0.266 e. The van der Waals surface area contributed by atoms with Crippen LogP contribution in [0.3, 0.4) is 0 Å². The summed E-state index contributed by atoms with van der Waals surface area (Å²) in [6.45, 7) is 0. The Hall–Kier alpha value is -3.70. The van der Waals surface area contributed by atoms with Crippen molar-refractivity contribution in [2.75, 3.05) is 11.9 Å². The summed E-state index contributed by atoms with van der Waals surface area (Å²) in [6, 6.07) is 21.7. The SMILES string of the molecule is CN1C(=O)/C(=C\c2nc3ccccc3c(=O)n2-c2ccc(Cl)cc2)c2ccccc21. The molecule has 5 rings (SSSR count). The number of halogens is 1. The van der Waals surface area contributed by atoms with Crippen LogP contribution >= 0.6 is 11.6 Å². The minimum absolute atomic E-state index is 0.138. The van der Waals surface area contributed by atoms with E-state index in [1.807, 2.05) is 30.3 Å². The first kappa shape index (κ1) is 18.3. The number of hydrogen-bond acceptors (Lipinski definition) is 3. The number of benzene rings is 3. The molecular weight excluding hydrogens is 398 g/mol. The van der Waals surface area contributed by atoms with Crippen molar-refractivity contribution in [2.24, 2.45) is 0 Å². The molecule has 0 saturated carbocycles. The number of hydrogen-bond donors (Lipinski definition) is 0. The van der Waals surface area contributed by atoms with Gasteiger partial charge in [0.05, 0.1) is 27.9 Å². The van der Waals surface area contributed by atoms with Gasteiger partial charge in [-0.3, -0.25) is 14.2 Å². The first-order valence-electron chi connectivity index (χ1n) is 9.41. The molecule has 1 aliphatic rings. The highest BCUT2D eigenvalue weighted by Crippen LogP contribution is 2.36. The van der Waals surface area contributed by atoms with Gasteiger partial charge in [0.1, 0.15) is 5.82 Å². The van der Waals surface area contributed by atoms with Gasteiger partial charge in [-0.2, -0.15) is 0 Å². The fourth-order valence-electron chi connectivity index (χ4n) is 3.75. The van der Waals surface area contributed by atoms with Crippen LogP contribution in [0.4, 0.5) is 5.69 Å². The zero-order chi connectivity index (χ0) is 20.8. The van der Waals surface area contributed by atoms with Crippen LogP contribution in [0.25, 0.3) is 28.2 Å². The van der Waals surface area contributed by atoms with Crippen molar-refractivity contribution < 1.29 is 4.79 Å². The molecule has 0 spiro atoms. The Bertz CT molecular complexity index is 1400. The van der Waals surface area contributed by atoms with Gasteiger partial charge < -0.3 is 4.90 Å². The molecule has 0 aliphatic carbocycles. The van der Waals surface area contributed by atoms with Gasteiger partial charge >= 0.3 is 0 Å². The Morgan fingerprint density at radius 3 is 2.40 bits per heavy atom. The Morgan fingerprint density at radius 2 is 1.60 bits per heavy atom. The Balaban J connectivity index is 1.82. The highest BCUT2D eigenvalue weighted by molar-refractivity contribution is 6.35. The lowest BCUT2D eigenvalue weighted by atomic mass is 10.1. The minimum Gasteiger partial charge on any atom is -0.311 e. The molecule has 0 bridgehead atoms. The molecule has 0 fully saturated rings. The van der Waals surface area contributed by atoms with Crippen LogP contribution in [0, 0.1) is 0 Å². The van der Waals surface area contributed by atoms with E-state index >= 15 is 0 Å². The summed E-state index contributed by atoms with van der Waals surface area (Å²) in [5, 5.41) is 1.08. The van der Waals surface area contributed by atoms with Crippen molar-refractivity contribution >= 4 is 45.7 Å². The van der Waals surface area contributed by atoms with Gasteiger partial charge in [0, 0.05) is 17.6 Å². The molecule has 2 heterocycles. The molecule has 0 radical (unpaired) electrons. The van der Waals surface area contributed by atoms with E-state index in [1.165, 1.54) is 4.57 Å². The van der Waals surface area contributed by atoms with Gasteiger partial charge in [-0.15, -0.1) is 0 Å². The summed E-state index contributed by atoms with van der Waals surface area (Å²) < 4.78 is 1.51. The number of carbonyl (C=O) groups is 1. The Labute approximate surface area is 177 Å². The predicted octanol–water partition coefficient (Wildman–Crippen LogP) is 4.56. The van der Waals surface area contributed by atoms with Gasteiger partial charge in [0.2, 0.25) is 0 Å². The summed E-state index contributed by atoms with van der Waals surface area (Å²) in [5.41, 5.74) is 3.14. The van der Waals surface area contributed by atoms with Crippen LogP contribution in [-0.4, -0.2) is 22.5 Å². The van der Waals surface area contributed by atoms with Gasteiger partial charge in [-0.05, 0) is 48.5 Å². The lowest BCUT2D eigenvalue weighted by Gasteiger charge is -2.12. The summed E-state index contributed by atoms with van der Waals surface area (Å²) in [7, 11) is 1.74. The van der Waals surface area contributed by atoms with E-state index in [0.29, 0.717) is 33.0 Å². The summed E-state index contributed by atoms with van der Waals surface area (Å²) in [5.74, 6) is 0.246. The van der Waals surface area contributed by atoms with Gasteiger partial charge in [0.15, 0.2) is 0 Å². The topological polar surface area (TPSA) is 55.2 Å². The molecular formula is C24H16ClN3O2. The molecule has 0 unspecified atom stereocenters. The summed E-state index contributed by atoms with van der Waals surface area (Å²) >= 11 is 6.04. The number of nitrogens with zero attached hydrogens (tertiary/aromatic N) is 3. The van der Waals surface area contributed by atoms with E-state index in [9.17, 15) is 9.59 Å². The van der Waals surface area contributed by atoms with Crippen molar-refractivity contribution in [3.05, 3.63) is 99.6 Å². The van der Waals surface area contributed by atoms with Gasteiger partial charge in [-0.25, -0.2) is 4.98 Å². The number of para-hydroxylation sites is 2. The van der Waals surface area contributed by atoms with E-state index < -0.39 is 0 Å². The van der Waals surface area contributed by atoms with Crippen molar-refractivity contribution in [1.29, 1.82) is 0 Å². The third kappa shape index (κ3) is 2.83. The highest BCUT2D eigenvalue weighted by atomic mass is 35.5. The molecule has 146 valence electrons. The van der Waals surface area contributed by atoms with Crippen molar-refractivity contribution in [1.82, 2.24) is 9.55 Å². The van der Waals surface area contributed by atoms with Crippen LogP contribution < -0.4 is 10.5 Å². The number of fused-ring (bicyclic) bond motifs is 2. The van der Waals surface area contributed by atoms with Crippen molar-refractivity contribution in [3.63, 3.8) is 0 Å². The number of amides is 1. The molecule has 3 aromatic carbocycles. The zero-order valence-corrected chi connectivity index (χ0v) is 16.8. The van der Waals surface area contributed by atoms with Crippen LogP contribution in [-0.2, 0) is 4.79 Å². The molecule has 0 N–H and O–H groups in total. The van der Waals surface area contributed by atoms with Crippen molar-refractivity contribution in [3.8, 4) is 5.69 Å². The van der Waals surface area contributed by atoms with E-state index in [-0.39, 0.29) is 11.5 Å².